The maximum Gasteiger partial charge on any atom is 0.237 e. The van der Waals surface area contributed by atoms with Crippen molar-refractivity contribution in [2.24, 2.45) is 11.7 Å². The molecule has 2 rings (SSSR count). The van der Waals surface area contributed by atoms with Crippen molar-refractivity contribution in [2.45, 2.75) is 31.9 Å². The first-order chi connectivity index (χ1) is 11.7. The van der Waals surface area contributed by atoms with Gasteiger partial charge >= 0.3 is 0 Å². The Kier molecular flexibility index (Phi) is 10.5. The second-order valence-electron chi connectivity index (χ2n) is 6.02. The van der Waals surface area contributed by atoms with E-state index in [9.17, 15) is 4.79 Å². The molecular weight excluding hydrogens is 344 g/mol. The number of ether oxygens (including phenoxy) is 3. The smallest absolute Gasteiger partial charge is 0.237 e. The van der Waals surface area contributed by atoms with Crippen LogP contribution in [0.3, 0.4) is 0 Å². The molecule has 1 atom stereocenters. The summed E-state index contributed by atoms with van der Waals surface area (Å²) in [6.45, 7) is 3.13. The van der Waals surface area contributed by atoms with E-state index in [1.54, 1.807) is 7.11 Å². The van der Waals surface area contributed by atoms with Crippen LogP contribution in [-0.4, -0.2) is 45.4 Å². The van der Waals surface area contributed by atoms with Crippen LogP contribution in [0.1, 0.15) is 24.8 Å². The van der Waals surface area contributed by atoms with Crippen LogP contribution in [0.2, 0.25) is 0 Å². The van der Waals surface area contributed by atoms with Crippen LogP contribution in [0.4, 0.5) is 0 Å². The Morgan fingerprint density at radius 2 is 2.00 bits per heavy atom. The predicted octanol–water partition coefficient (Wildman–Crippen LogP) is 1.89. The highest BCUT2D eigenvalue weighted by Crippen LogP contribution is 2.17. The highest BCUT2D eigenvalue weighted by molar-refractivity contribution is 5.85. The van der Waals surface area contributed by atoms with Gasteiger partial charge in [0.1, 0.15) is 5.75 Å². The van der Waals surface area contributed by atoms with Crippen LogP contribution in [0.5, 0.6) is 5.75 Å². The molecule has 7 heteroatoms. The molecule has 1 aliphatic heterocycles. The Morgan fingerprint density at radius 1 is 1.32 bits per heavy atom. The van der Waals surface area contributed by atoms with Crippen molar-refractivity contribution in [3.8, 4) is 5.75 Å². The first kappa shape index (κ1) is 21.7. The van der Waals surface area contributed by atoms with Gasteiger partial charge in [-0.15, -0.1) is 12.4 Å². The van der Waals surface area contributed by atoms with Crippen molar-refractivity contribution >= 4 is 18.3 Å². The number of halogens is 1. The molecule has 1 unspecified atom stereocenters. The minimum absolute atomic E-state index is 0. The van der Waals surface area contributed by atoms with Crippen molar-refractivity contribution in [1.29, 1.82) is 0 Å². The van der Waals surface area contributed by atoms with Gasteiger partial charge in [0.25, 0.3) is 0 Å². The van der Waals surface area contributed by atoms with E-state index in [1.807, 2.05) is 24.3 Å². The van der Waals surface area contributed by atoms with Gasteiger partial charge in [-0.3, -0.25) is 4.79 Å². The average Bonchev–Trinajstić information content (AvgIpc) is 2.65. The zero-order valence-electron chi connectivity index (χ0n) is 14.7. The molecule has 1 saturated heterocycles. The Balaban J connectivity index is 0.00000312. The highest BCUT2D eigenvalue weighted by Gasteiger charge is 2.26. The number of hydrogen-bond acceptors (Lipinski definition) is 5. The van der Waals surface area contributed by atoms with Crippen molar-refractivity contribution in [3.63, 3.8) is 0 Å². The molecule has 0 aliphatic carbocycles. The molecule has 1 amide bonds. The molecule has 1 heterocycles. The summed E-state index contributed by atoms with van der Waals surface area (Å²) >= 11 is 0. The molecule has 0 spiro atoms. The minimum atomic E-state index is -0.436. The fourth-order valence-corrected chi connectivity index (χ4v) is 2.70. The average molecular weight is 373 g/mol. The van der Waals surface area contributed by atoms with Crippen LogP contribution in [0, 0.1) is 5.92 Å². The van der Waals surface area contributed by atoms with Gasteiger partial charge in [0.2, 0.25) is 5.91 Å². The van der Waals surface area contributed by atoms with E-state index in [4.69, 9.17) is 19.9 Å². The number of methoxy groups -OCH3 is 1. The van der Waals surface area contributed by atoms with Gasteiger partial charge in [0, 0.05) is 26.4 Å². The molecule has 0 bridgehead atoms. The van der Waals surface area contributed by atoms with Crippen LogP contribution < -0.4 is 15.8 Å². The van der Waals surface area contributed by atoms with Gasteiger partial charge < -0.3 is 25.3 Å². The Morgan fingerprint density at radius 3 is 2.64 bits per heavy atom. The van der Waals surface area contributed by atoms with E-state index < -0.39 is 6.04 Å². The summed E-state index contributed by atoms with van der Waals surface area (Å²) in [6.07, 6.45) is 2.49. The van der Waals surface area contributed by atoms with E-state index in [2.05, 4.69) is 5.32 Å². The molecular formula is C18H29ClN2O4. The second kappa shape index (κ2) is 12.1. The van der Waals surface area contributed by atoms with Gasteiger partial charge in [0.15, 0.2) is 0 Å². The topological polar surface area (TPSA) is 82.8 Å². The fourth-order valence-electron chi connectivity index (χ4n) is 2.70. The van der Waals surface area contributed by atoms with E-state index in [0.717, 1.165) is 30.6 Å². The summed E-state index contributed by atoms with van der Waals surface area (Å²) in [6, 6.07) is 7.35. The number of rotatable bonds is 9. The summed E-state index contributed by atoms with van der Waals surface area (Å²) in [5, 5.41) is 2.89. The highest BCUT2D eigenvalue weighted by atomic mass is 35.5. The van der Waals surface area contributed by atoms with E-state index in [-0.39, 0.29) is 24.2 Å². The maximum atomic E-state index is 12.0. The number of amides is 1. The van der Waals surface area contributed by atoms with Gasteiger partial charge in [-0.25, -0.2) is 0 Å². The fraction of sp³-hybridized carbons (Fsp3) is 0.611. The van der Waals surface area contributed by atoms with Crippen LogP contribution in [-0.2, 0) is 20.9 Å². The molecule has 1 aromatic rings. The van der Waals surface area contributed by atoms with Crippen molar-refractivity contribution < 1.29 is 19.0 Å². The molecule has 0 saturated carbocycles. The number of hydrogen-bond donors (Lipinski definition) is 2. The largest absolute Gasteiger partial charge is 0.497 e. The molecule has 25 heavy (non-hydrogen) atoms. The SMILES string of the molecule is COc1ccc(COCCCNC(=O)C(N)C2CCOCC2)cc1.Cl. The third kappa shape index (κ3) is 7.61. The third-order valence-electron chi connectivity index (χ3n) is 4.27. The Bertz CT molecular complexity index is 492. The molecule has 1 fully saturated rings. The molecule has 3 N–H and O–H groups in total. The lowest BCUT2D eigenvalue weighted by Gasteiger charge is -2.26. The number of nitrogens with two attached hydrogens (primary N) is 1. The number of benzene rings is 1. The number of carbonyl (C=O) groups excluding carboxylic acids is 1. The van der Waals surface area contributed by atoms with E-state index in [0.29, 0.717) is 33.0 Å². The van der Waals surface area contributed by atoms with Gasteiger partial charge in [0.05, 0.1) is 19.8 Å². The first-order valence-corrected chi connectivity index (χ1v) is 8.52. The van der Waals surface area contributed by atoms with E-state index >= 15 is 0 Å². The lowest BCUT2D eigenvalue weighted by atomic mass is 9.92. The molecule has 0 aromatic heterocycles. The molecule has 0 radical (unpaired) electrons. The van der Waals surface area contributed by atoms with Crippen molar-refractivity contribution in [2.75, 3.05) is 33.5 Å². The monoisotopic (exact) mass is 372 g/mol. The lowest BCUT2D eigenvalue weighted by molar-refractivity contribution is -0.124. The summed E-state index contributed by atoms with van der Waals surface area (Å²) in [7, 11) is 1.65. The summed E-state index contributed by atoms with van der Waals surface area (Å²) in [5.74, 6) is 0.990. The zero-order chi connectivity index (χ0) is 17.2. The Hall–Kier alpha value is -1.34. The standard InChI is InChI=1S/C18H28N2O4.ClH/c1-22-16-5-3-14(4-6-16)13-24-10-2-9-20-18(21)17(19)15-7-11-23-12-8-15;/h3-6,15,17H,2,7-13,19H2,1H3,(H,20,21);1H. The first-order valence-electron chi connectivity index (χ1n) is 8.52. The quantitative estimate of drug-likeness (QED) is 0.647. The minimum Gasteiger partial charge on any atom is -0.497 e. The Labute approximate surface area is 155 Å². The van der Waals surface area contributed by atoms with Crippen LogP contribution in [0.25, 0.3) is 0 Å². The molecule has 6 nitrogen and oxygen atoms in total. The maximum absolute atomic E-state index is 12.0. The molecule has 142 valence electrons. The van der Waals surface area contributed by atoms with Gasteiger partial charge in [-0.05, 0) is 42.9 Å². The van der Waals surface area contributed by atoms with Gasteiger partial charge in [-0.2, -0.15) is 0 Å². The normalized spacial score (nSPS) is 15.9. The lowest BCUT2D eigenvalue weighted by Crippen LogP contribution is -2.47. The summed E-state index contributed by atoms with van der Waals surface area (Å²) < 4.78 is 16.0. The zero-order valence-corrected chi connectivity index (χ0v) is 15.6. The number of carbonyl (C=O) groups is 1. The molecule has 1 aromatic carbocycles. The van der Waals surface area contributed by atoms with E-state index in [1.165, 1.54) is 0 Å². The van der Waals surface area contributed by atoms with Crippen molar-refractivity contribution in [1.82, 2.24) is 5.32 Å². The second-order valence-corrected chi connectivity index (χ2v) is 6.02. The number of nitrogens with one attached hydrogen (secondary N) is 1. The van der Waals surface area contributed by atoms with Crippen LogP contribution in [0.15, 0.2) is 24.3 Å². The van der Waals surface area contributed by atoms with Crippen LogP contribution >= 0.6 is 12.4 Å². The van der Waals surface area contributed by atoms with Gasteiger partial charge in [-0.1, -0.05) is 12.1 Å². The van der Waals surface area contributed by atoms with Crippen molar-refractivity contribution in [3.05, 3.63) is 29.8 Å². The summed E-state index contributed by atoms with van der Waals surface area (Å²) in [4.78, 5) is 12.0. The molecule has 1 aliphatic rings. The predicted molar refractivity (Wildman–Crippen MR) is 99.0 cm³/mol. The third-order valence-corrected chi connectivity index (χ3v) is 4.27. The summed E-state index contributed by atoms with van der Waals surface area (Å²) in [5.41, 5.74) is 7.12.